The Morgan fingerprint density at radius 3 is 2.43 bits per heavy atom. The Kier molecular flexibility index (Phi) is 5.97. The van der Waals surface area contributed by atoms with Crippen molar-refractivity contribution < 1.29 is 21.6 Å². The fraction of sp³-hybridized carbons (Fsp3) is 0.480. The Hall–Kier alpha value is -2.75. The molecule has 0 spiro atoms. The first-order chi connectivity index (χ1) is 16.6. The van der Waals surface area contributed by atoms with Gasteiger partial charge in [-0.2, -0.15) is 0 Å². The SMILES string of the molecule is C[C@@H](Cc1ncnc2c1cc(C1C[C@@H]3CS(=O)(=O)C[C@@H]3C1)c(=O)n2C)c1cccc(C(F)F)c1F. The van der Waals surface area contributed by atoms with Crippen molar-refractivity contribution in [2.24, 2.45) is 18.9 Å². The van der Waals surface area contributed by atoms with E-state index in [0.29, 0.717) is 35.1 Å². The van der Waals surface area contributed by atoms with Crippen molar-refractivity contribution in [1.82, 2.24) is 14.5 Å². The lowest BCUT2D eigenvalue weighted by molar-refractivity contribution is 0.146. The third-order valence-electron chi connectivity index (χ3n) is 7.66. The molecule has 1 saturated heterocycles. The summed E-state index contributed by atoms with van der Waals surface area (Å²) in [5.41, 5.74) is 1.05. The van der Waals surface area contributed by atoms with Gasteiger partial charge in [0.05, 0.1) is 22.8 Å². The number of nitrogens with zero attached hydrogens (tertiary/aromatic N) is 3. The average molecular weight is 506 g/mol. The van der Waals surface area contributed by atoms with E-state index in [1.54, 1.807) is 20.0 Å². The van der Waals surface area contributed by atoms with Crippen LogP contribution in [0.1, 0.15) is 60.4 Å². The highest BCUT2D eigenvalue weighted by molar-refractivity contribution is 7.91. The summed E-state index contributed by atoms with van der Waals surface area (Å²) in [5.74, 6) is -0.898. The van der Waals surface area contributed by atoms with Gasteiger partial charge in [-0.25, -0.2) is 31.6 Å². The molecule has 4 atom stereocenters. The standard InChI is InChI=1S/C25H26F3N3O3S/c1-13(17-4-3-5-18(22(17)26)23(27)28)6-21-20-9-19(25(32)31(2)24(20)30-12-29-21)14-7-15-10-35(33,34)11-16(15)8-14/h3-5,9,12-16,23H,6-8,10-11H2,1-2H3/t13-,14?,15-,16+/m0/s1. The van der Waals surface area contributed by atoms with Crippen molar-refractivity contribution in [3.8, 4) is 0 Å². The van der Waals surface area contributed by atoms with Crippen LogP contribution in [0.25, 0.3) is 11.0 Å². The summed E-state index contributed by atoms with van der Waals surface area (Å²) >= 11 is 0. The molecule has 1 aliphatic heterocycles. The molecule has 2 fully saturated rings. The van der Waals surface area contributed by atoms with Gasteiger partial charge < -0.3 is 0 Å². The van der Waals surface area contributed by atoms with Crippen molar-refractivity contribution >= 4 is 20.9 Å². The zero-order valence-corrected chi connectivity index (χ0v) is 20.2. The molecule has 35 heavy (non-hydrogen) atoms. The summed E-state index contributed by atoms with van der Waals surface area (Å²) in [4.78, 5) is 21.9. The molecule has 1 aromatic carbocycles. The lowest BCUT2D eigenvalue weighted by atomic mass is 9.92. The highest BCUT2D eigenvalue weighted by Crippen LogP contribution is 2.46. The van der Waals surface area contributed by atoms with Crippen LogP contribution in [-0.2, 0) is 23.3 Å². The van der Waals surface area contributed by atoms with Crippen LogP contribution in [0.2, 0.25) is 0 Å². The molecule has 0 radical (unpaired) electrons. The number of hydrogen-bond acceptors (Lipinski definition) is 5. The first-order valence-electron chi connectivity index (χ1n) is 11.7. The maximum absolute atomic E-state index is 14.7. The van der Waals surface area contributed by atoms with Gasteiger partial charge in [-0.15, -0.1) is 0 Å². The minimum absolute atomic E-state index is 0.0470. The number of hydrogen-bond donors (Lipinski definition) is 0. The molecule has 0 amide bonds. The Balaban J connectivity index is 1.51. The molecule has 3 heterocycles. The Bertz CT molecular complexity index is 1450. The van der Waals surface area contributed by atoms with Gasteiger partial charge in [0.15, 0.2) is 9.84 Å². The molecule has 2 aromatic heterocycles. The number of aromatic nitrogens is 3. The van der Waals surface area contributed by atoms with Gasteiger partial charge in [-0.1, -0.05) is 25.1 Å². The number of benzene rings is 1. The second-order valence-electron chi connectivity index (χ2n) is 9.94. The van der Waals surface area contributed by atoms with E-state index in [0.717, 1.165) is 6.07 Å². The molecule has 186 valence electrons. The topological polar surface area (TPSA) is 81.9 Å². The second kappa shape index (κ2) is 8.72. The molecule has 6 nitrogen and oxygen atoms in total. The van der Waals surface area contributed by atoms with E-state index in [9.17, 15) is 26.4 Å². The van der Waals surface area contributed by atoms with E-state index in [1.807, 2.05) is 0 Å². The van der Waals surface area contributed by atoms with Crippen LogP contribution >= 0.6 is 0 Å². The second-order valence-corrected chi connectivity index (χ2v) is 12.1. The fourth-order valence-corrected chi connectivity index (χ4v) is 8.17. The fourth-order valence-electron chi connectivity index (χ4n) is 5.91. The van der Waals surface area contributed by atoms with Crippen molar-refractivity contribution in [1.29, 1.82) is 0 Å². The summed E-state index contributed by atoms with van der Waals surface area (Å²) < 4.78 is 66.5. The van der Waals surface area contributed by atoms with Crippen LogP contribution in [0.5, 0.6) is 0 Å². The van der Waals surface area contributed by atoms with Gasteiger partial charge in [0.2, 0.25) is 0 Å². The Labute approximate surface area is 201 Å². The average Bonchev–Trinajstić information content (AvgIpc) is 3.29. The van der Waals surface area contributed by atoms with E-state index < -0.39 is 33.6 Å². The number of aryl methyl sites for hydroxylation is 1. The van der Waals surface area contributed by atoms with Crippen LogP contribution < -0.4 is 5.56 Å². The lowest BCUT2D eigenvalue weighted by Gasteiger charge is -2.18. The maximum atomic E-state index is 14.7. The Morgan fingerprint density at radius 1 is 1.11 bits per heavy atom. The van der Waals surface area contributed by atoms with Gasteiger partial charge >= 0.3 is 0 Å². The highest BCUT2D eigenvalue weighted by Gasteiger charge is 2.45. The highest BCUT2D eigenvalue weighted by atomic mass is 32.2. The first-order valence-corrected chi connectivity index (χ1v) is 13.5. The molecular weight excluding hydrogens is 479 g/mol. The quantitative estimate of drug-likeness (QED) is 0.517. The number of alkyl halides is 2. The summed E-state index contributed by atoms with van der Waals surface area (Å²) in [7, 11) is -1.36. The van der Waals surface area contributed by atoms with E-state index in [4.69, 9.17) is 0 Å². The summed E-state index contributed by atoms with van der Waals surface area (Å²) in [5, 5.41) is 0.659. The first kappa shape index (κ1) is 24.0. The number of halogens is 3. The molecule has 0 bridgehead atoms. The van der Waals surface area contributed by atoms with Crippen molar-refractivity contribution in [3.05, 3.63) is 69.1 Å². The number of pyridine rings is 1. The van der Waals surface area contributed by atoms with Crippen molar-refractivity contribution in [3.63, 3.8) is 0 Å². The van der Waals surface area contributed by atoms with E-state index in [-0.39, 0.29) is 46.8 Å². The van der Waals surface area contributed by atoms with E-state index in [2.05, 4.69) is 9.97 Å². The van der Waals surface area contributed by atoms with Gasteiger partial charge in [-0.05, 0) is 54.6 Å². The zero-order chi connectivity index (χ0) is 25.1. The number of rotatable bonds is 5. The van der Waals surface area contributed by atoms with Gasteiger partial charge in [-0.3, -0.25) is 9.36 Å². The zero-order valence-electron chi connectivity index (χ0n) is 19.4. The Morgan fingerprint density at radius 2 is 1.77 bits per heavy atom. The van der Waals surface area contributed by atoms with Crippen LogP contribution in [0, 0.1) is 17.7 Å². The third-order valence-corrected chi connectivity index (χ3v) is 9.53. The molecule has 10 heteroatoms. The van der Waals surface area contributed by atoms with Crippen LogP contribution in [0.15, 0.2) is 35.4 Å². The smallest absolute Gasteiger partial charge is 0.266 e. The van der Waals surface area contributed by atoms with Crippen molar-refractivity contribution in [2.75, 3.05) is 11.5 Å². The van der Waals surface area contributed by atoms with E-state index in [1.165, 1.54) is 23.0 Å². The van der Waals surface area contributed by atoms with Gasteiger partial charge in [0.25, 0.3) is 12.0 Å². The van der Waals surface area contributed by atoms with Crippen LogP contribution in [-0.4, -0.2) is 34.5 Å². The summed E-state index contributed by atoms with van der Waals surface area (Å²) in [6.45, 7) is 1.75. The summed E-state index contributed by atoms with van der Waals surface area (Å²) in [6, 6.07) is 5.81. The molecular formula is C25H26F3N3O3S. The number of fused-ring (bicyclic) bond motifs is 2. The minimum Gasteiger partial charge on any atom is -0.295 e. The largest absolute Gasteiger partial charge is 0.295 e. The van der Waals surface area contributed by atoms with Gasteiger partial charge in [0.1, 0.15) is 17.8 Å². The third kappa shape index (κ3) is 4.26. The van der Waals surface area contributed by atoms with E-state index >= 15 is 0 Å². The molecule has 3 aromatic rings. The molecule has 5 rings (SSSR count). The molecule has 1 aliphatic carbocycles. The predicted octanol–water partition coefficient (Wildman–Crippen LogP) is 4.29. The normalized spacial score (nSPS) is 24.2. The molecule has 1 saturated carbocycles. The lowest BCUT2D eigenvalue weighted by Crippen LogP contribution is -2.24. The molecule has 1 unspecified atom stereocenters. The molecule has 2 aliphatic rings. The van der Waals surface area contributed by atoms with Crippen LogP contribution in [0.3, 0.4) is 0 Å². The summed E-state index contributed by atoms with van der Waals surface area (Å²) in [6.07, 6.45) is 0.0140. The maximum Gasteiger partial charge on any atom is 0.266 e. The van der Waals surface area contributed by atoms with Crippen LogP contribution in [0.4, 0.5) is 13.2 Å². The van der Waals surface area contributed by atoms with Gasteiger partial charge in [0, 0.05) is 18.0 Å². The number of sulfone groups is 1. The predicted molar refractivity (Wildman–Crippen MR) is 126 cm³/mol. The van der Waals surface area contributed by atoms with Crippen molar-refractivity contribution in [2.45, 2.75) is 44.4 Å². The minimum atomic E-state index is -3.00. The monoisotopic (exact) mass is 505 g/mol. The molecule has 0 N–H and O–H groups in total.